The quantitative estimate of drug-likeness (QED) is 0.725. The van der Waals surface area contributed by atoms with Crippen molar-refractivity contribution >= 4 is 49.9 Å². The van der Waals surface area contributed by atoms with Gasteiger partial charge in [0.05, 0.1) is 0 Å². The fourth-order valence-corrected chi connectivity index (χ4v) is 3.47. The van der Waals surface area contributed by atoms with Crippen molar-refractivity contribution in [1.82, 2.24) is 0 Å². The Balaban J connectivity index is 2.45. The Hall–Kier alpha value is 0.0900. The Morgan fingerprint density at radius 3 is 2.75 bits per heavy atom. The smallest absolute Gasteiger partial charge is 0.115 e. The summed E-state index contributed by atoms with van der Waals surface area (Å²) in [6.07, 6.45) is -0.524. The number of hydrogen-bond donors (Lipinski definition) is 1. The molecule has 0 radical (unpaired) electrons. The van der Waals surface area contributed by atoms with Crippen molar-refractivity contribution in [2.24, 2.45) is 0 Å². The lowest BCUT2D eigenvalue weighted by Gasteiger charge is -2.13. The fraction of sp³-hybridized carbons (Fsp3) is 0.167. The minimum absolute atomic E-state index is 0.524. The van der Waals surface area contributed by atoms with Crippen LogP contribution >= 0.6 is 49.9 Å². The molecule has 4 heteroatoms. The van der Waals surface area contributed by atoms with E-state index in [0.29, 0.717) is 0 Å². The zero-order valence-electron chi connectivity index (χ0n) is 8.58. The molecule has 0 saturated heterocycles. The van der Waals surface area contributed by atoms with Crippen LogP contribution in [0.5, 0.6) is 0 Å². The second-order valence-electron chi connectivity index (χ2n) is 3.54. The Morgan fingerprint density at radius 2 is 2.12 bits per heavy atom. The van der Waals surface area contributed by atoms with Crippen LogP contribution in [0, 0.1) is 10.5 Å². The predicted octanol–water partition coefficient (Wildman–Crippen LogP) is 4.51. The normalized spacial score (nSPS) is 12.8. The molecule has 84 valence electrons. The first-order chi connectivity index (χ1) is 7.59. The van der Waals surface area contributed by atoms with Gasteiger partial charge in [-0.3, -0.25) is 0 Å². The molecule has 1 aromatic carbocycles. The Labute approximate surface area is 121 Å². The zero-order chi connectivity index (χ0) is 11.7. The van der Waals surface area contributed by atoms with Crippen LogP contribution in [-0.4, -0.2) is 5.11 Å². The summed E-state index contributed by atoms with van der Waals surface area (Å²) in [5.74, 6) is 0. The van der Waals surface area contributed by atoms with Gasteiger partial charge in [-0.2, -0.15) is 0 Å². The summed E-state index contributed by atoms with van der Waals surface area (Å²) in [5, 5.41) is 12.4. The first-order valence-electron chi connectivity index (χ1n) is 4.76. The van der Waals surface area contributed by atoms with Gasteiger partial charge in [-0.15, -0.1) is 11.3 Å². The number of aliphatic hydroxyl groups is 1. The number of hydrogen-bond acceptors (Lipinski definition) is 2. The molecule has 1 heterocycles. The van der Waals surface area contributed by atoms with Crippen LogP contribution in [-0.2, 0) is 0 Å². The van der Waals surface area contributed by atoms with Gasteiger partial charge in [-0.25, -0.2) is 0 Å². The number of aliphatic hydroxyl groups excluding tert-OH is 1. The van der Waals surface area contributed by atoms with E-state index in [9.17, 15) is 5.11 Å². The Morgan fingerprint density at radius 1 is 1.38 bits per heavy atom. The lowest BCUT2D eigenvalue weighted by molar-refractivity contribution is 0.222. The third kappa shape index (κ3) is 2.50. The highest BCUT2D eigenvalue weighted by atomic mass is 127. The molecule has 16 heavy (non-hydrogen) atoms. The lowest BCUT2D eigenvalue weighted by atomic mass is 10.1. The minimum atomic E-state index is -0.524. The van der Waals surface area contributed by atoms with E-state index in [2.05, 4.69) is 38.5 Å². The van der Waals surface area contributed by atoms with Crippen molar-refractivity contribution in [3.8, 4) is 0 Å². The number of benzene rings is 1. The molecule has 1 aromatic heterocycles. The summed E-state index contributed by atoms with van der Waals surface area (Å²) < 4.78 is 2.08. The van der Waals surface area contributed by atoms with Gasteiger partial charge in [0, 0.05) is 18.5 Å². The average molecular weight is 409 g/mol. The molecule has 0 aliphatic heterocycles. The van der Waals surface area contributed by atoms with Crippen molar-refractivity contribution in [2.45, 2.75) is 13.0 Å². The van der Waals surface area contributed by atoms with Crippen molar-refractivity contribution in [2.75, 3.05) is 0 Å². The van der Waals surface area contributed by atoms with Crippen LogP contribution in [0.4, 0.5) is 0 Å². The van der Waals surface area contributed by atoms with Gasteiger partial charge < -0.3 is 5.11 Å². The first kappa shape index (κ1) is 12.5. The molecule has 1 nitrogen and oxygen atoms in total. The molecular weight excluding hydrogens is 399 g/mol. The topological polar surface area (TPSA) is 20.2 Å². The van der Waals surface area contributed by atoms with E-state index in [1.807, 2.05) is 36.6 Å². The maximum Gasteiger partial charge on any atom is 0.115 e. The van der Waals surface area contributed by atoms with Gasteiger partial charge in [-0.1, -0.05) is 15.9 Å². The average Bonchev–Trinajstić information content (AvgIpc) is 2.67. The number of rotatable bonds is 2. The lowest BCUT2D eigenvalue weighted by Crippen LogP contribution is -2.01. The Kier molecular flexibility index (Phi) is 4.05. The van der Waals surface area contributed by atoms with Crippen LogP contribution in [0.3, 0.4) is 0 Å². The highest BCUT2D eigenvalue weighted by Gasteiger charge is 2.17. The molecule has 0 fully saturated rings. The van der Waals surface area contributed by atoms with Gasteiger partial charge >= 0.3 is 0 Å². The largest absolute Gasteiger partial charge is 0.383 e. The van der Waals surface area contributed by atoms with Gasteiger partial charge in [0.1, 0.15) is 6.10 Å². The van der Waals surface area contributed by atoms with E-state index >= 15 is 0 Å². The molecule has 0 spiro atoms. The fourth-order valence-electron chi connectivity index (χ4n) is 1.53. The maximum absolute atomic E-state index is 10.4. The molecule has 0 amide bonds. The number of halogens is 2. The van der Waals surface area contributed by atoms with Gasteiger partial charge in [0.2, 0.25) is 0 Å². The summed E-state index contributed by atoms with van der Waals surface area (Å²) in [4.78, 5) is 1.02. The van der Waals surface area contributed by atoms with E-state index in [0.717, 1.165) is 24.0 Å². The third-order valence-electron chi connectivity index (χ3n) is 2.40. The summed E-state index contributed by atoms with van der Waals surface area (Å²) in [7, 11) is 0. The van der Waals surface area contributed by atoms with E-state index in [4.69, 9.17) is 0 Å². The summed E-state index contributed by atoms with van der Waals surface area (Å²) in [6.45, 7) is 2.03. The Bertz CT molecular complexity index is 509. The molecule has 0 aliphatic carbocycles. The molecule has 2 rings (SSSR count). The van der Waals surface area contributed by atoms with Crippen molar-refractivity contribution < 1.29 is 5.11 Å². The molecule has 2 aromatic rings. The maximum atomic E-state index is 10.4. The van der Waals surface area contributed by atoms with Crippen LogP contribution in [0.1, 0.15) is 22.1 Å². The third-order valence-corrected chi connectivity index (χ3v) is 4.95. The van der Waals surface area contributed by atoms with E-state index in [1.54, 1.807) is 11.3 Å². The van der Waals surface area contributed by atoms with Gasteiger partial charge in [0.25, 0.3) is 0 Å². The first-order valence-corrected chi connectivity index (χ1v) is 7.51. The predicted molar refractivity (Wildman–Crippen MR) is 80.0 cm³/mol. The van der Waals surface area contributed by atoms with Gasteiger partial charge in [0.15, 0.2) is 0 Å². The van der Waals surface area contributed by atoms with E-state index < -0.39 is 6.10 Å². The monoisotopic (exact) mass is 408 g/mol. The molecule has 0 bridgehead atoms. The summed E-state index contributed by atoms with van der Waals surface area (Å²) in [5.41, 5.74) is 2.11. The second-order valence-corrected chi connectivity index (χ2v) is 6.56. The highest BCUT2D eigenvalue weighted by Crippen LogP contribution is 2.33. The van der Waals surface area contributed by atoms with Crippen molar-refractivity contribution in [1.29, 1.82) is 0 Å². The SMILES string of the molecule is Cc1ccsc1C(O)c1cc(Br)ccc1I. The van der Waals surface area contributed by atoms with Crippen molar-refractivity contribution in [3.63, 3.8) is 0 Å². The van der Waals surface area contributed by atoms with Gasteiger partial charge in [-0.05, 0) is 64.7 Å². The second kappa shape index (κ2) is 5.16. The number of thiophene rings is 1. The van der Waals surface area contributed by atoms with E-state index in [-0.39, 0.29) is 0 Å². The van der Waals surface area contributed by atoms with Crippen LogP contribution in [0.25, 0.3) is 0 Å². The molecule has 1 unspecified atom stereocenters. The molecular formula is C12H10BrIOS. The standard InChI is InChI=1S/C12H10BrIOS/c1-7-4-5-16-12(7)11(15)9-6-8(13)2-3-10(9)14/h2-6,11,15H,1H3. The van der Waals surface area contributed by atoms with E-state index in [1.165, 1.54) is 0 Å². The van der Waals surface area contributed by atoms with Crippen LogP contribution in [0.2, 0.25) is 0 Å². The summed E-state index contributed by atoms with van der Waals surface area (Å²) >= 11 is 7.29. The van der Waals surface area contributed by atoms with Crippen molar-refractivity contribution in [3.05, 3.63) is 53.7 Å². The zero-order valence-corrected chi connectivity index (χ0v) is 13.1. The van der Waals surface area contributed by atoms with Crippen LogP contribution in [0.15, 0.2) is 34.1 Å². The van der Waals surface area contributed by atoms with Crippen LogP contribution < -0.4 is 0 Å². The minimum Gasteiger partial charge on any atom is -0.383 e. The molecule has 1 atom stereocenters. The molecule has 1 N–H and O–H groups in total. The highest BCUT2D eigenvalue weighted by molar-refractivity contribution is 14.1. The molecule has 0 saturated carbocycles. The molecule has 0 aliphatic rings. The summed E-state index contributed by atoms with van der Waals surface area (Å²) in [6, 6.07) is 8.01. The number of aryl methyl sites for hydroxylation is 1.